The van der Waals surface area contributed by atoms with E-state index in [1.807, 2.05) is 154 Å². The minimum atomic E-state index is -4.34. The van der Waals surface area contributed by atoms with Gasteiger partial charge in [0.25, 0.3) is 12.0 Å². The molecule has 117 heavy (non-hydrogen) atoms. The first-order valence-corrected chi connectivity index (χ1v) is 40.4. The lowest BCUT2D eigenvalue weighted by Crippen LogP contribution is -2.19. The lowest BCUT2D eigenvalue weighted by Gasteiger charge is -2.18. The Morgan fingerprint density at radius 2 is 0.889 bits per heavy atom. The Labute approximate surface area is 683 Å². The highest BCUT2D eigenvalue weighted by molar-refractivity contribution is 5.60. The predicted octanol–water partition coefficient (Wildman–Crippen LogP) is 22.7. The number of ether oxygens (including phenoxy) is 6. The summed E-state index contributed by atoms with van der Waals surface area (Å²) in [5, 5.41) is 4.21. The van der Waals surface area contributed by atoms with E-state index in [0.29, 0.717) is 78.6 Å². The van der Waals surface area contributed by atoms with Crippen molar-refractivity contribution in [2.75, 3.05) is 39.6 Å². The van der Waals surface area contributed by atoms with E-state index in [-0.39, 0.29) is 73.9 Å². The van der Waals surface area contributed by atoms with Crippen molar-refractivity contribution in [3.05, 3.63) is 143 Å². The maximum Gasteiger partial charge on any atom is 0.422 e. The highest BCUT2D eigenvalue weighted by atomic mass is 19.4. The summed E-state index contributed by atoms with van der Waals surface area (Å²) in [4.78, 5) is 38.6. The standard InChI is InChI=1S/C18H22N2O.C16H22N4O.C12H18FNO.C12H17FO2.C11H16FNO2.C10H15F3N2.C9H13F3N2O/c1-18(2,3)17-19-15(14-7-5-4-6-8-14)11-16(20-17)21-12-13-9-10-13;1-16(2,3)15-18-13(12-8-17-20(4)9-12)7-14(19-15)21-10-11-5-6-11;1-12(2,3)10-6-9(13)11(14-10)15-7-8-4-5-8;1-12(2,3)10-6-9(13)11(15-10)14-7-8-4-5-8;1-11(2,3)10-13-8(12)9(15-10)14-6-7-4-5-7;1-9(2,3)7-6-14-8(15-7)4-5-10(11,12)13;1-8(2,3)6-4-13-7(14-6)15-5-9(10,11)12/h4-8,11,13H,9-10,12H2,1-3H3;7-9,11H,5-6,10H2,1-4H3;6,8,14H,4-5,7H2,1-3H3;6,8H,4-5,7H2,1-3H3;7H,4-6H2,1-3H3;6H,4-5H2,1-3H3,(H,14,15);4H,5H2,1-3H3,(H,13,14). The number of oxazole rings is 1. The number of aryl methyl sites for hydroxylation is 2. The van der Waals surface area contributed by atoms with Gasteiger partial charge < -0.3 is 52.2 Å². The number of nitrogens with one attached hydrogen (secondary N) is 3. The van der Waals surface area contributed by atoms with Gasteiger partial charge in [-0.2, -0.15) is 55.2 Å². The van der Waals surface area contributed by atoms with Crippen LogP contribution in [0.4, 0.5) is 39.5 Å². The van der Waals surface area contributed by atoms with Gasteiger partial charge in [0.05, 0.1) is 63.2 Å². The third-order valence-corrected chi connectivity index (χ3v) is 18.6. The molecule has 646 valence electrons. The number of furan rings is 1. The molecule has 0 bridgehead atoms. The summed E-state index contributed by atoms with van der Waals surface area (Å²) < 4.78 is 156. The van der Waals surface area contributed by atoms with Gasteiger partial charge in [0, 0.05) is 110 Å². The smallest absolute Gasteiger partial charge is 0.422 e. The Bertz CT molecular complexity index is 4300. The van der Waals surface area contributed by atoms with Crippen molar-refractivity contribution in [1.29, 1.82) is 0 Å². The van der Waals surface area contributed by atoms with Gasteiger partial charge in [0.2, 0.25) is 29.3 Å². The molecule has 0 radical (unpaired) electrons. The van der Waals surface area contributed by atoms with Crippen LogP contribution in [-0.2, 0) is 51.4 Å². The second-order valence-corrected chi connectivity index (χ2v) is 38.2. The van der Waals surface area contributed by atoms with Gasteiger partial charge in [0.15, 0.2) is 12.4 Å². The summed E-state index contributed by atoms with van der Waals surface area (Å²) in [5.41, 5.74) is 5.32. The SMILES string of the molecule is CC(C)(C)c1cc(F)c(OCC2CC2)[nH]1.CC(C)(C)c1cc(F)c(OCC2CC2)o1.CC(C)(C)c1cnc(CCC(F)(F)F)[nH]1.CC(C)(C)c1cnc(OCC(F)(F)F)[nH]1.CC(C)(C)c1nc(F)c(OCC2CC2)o1.CC(C)(C)c1nc(OCC2CC2)cc(-c2ccccc2)n1.Cn1cc(-c2cc(OCC3CC3)nc(C(C)(C)C)n2)cn1. The number of nitrogens with zero attached hydrogens (tertiary/aromatic N) is 9. The molecule has 9 aromatic rings. The van der Waals surface area contributed by atoms with Crippen LogP contribution in [0.1, 0.15) is 262 Å². The first kappa shape index (κ1) is 93.4. The van der Waals surface area contributed by atoms with E-state index in [0.717, 1.165) is 70.4 Å². The Morgan fingerprint density at radius 1 is 0.427 bits per heavy atom. The van der Waals surface area contributed by atoms with Crippen LogP contribution in [0, 0.1) is 47.2 Å². The van der Waals surface area contributed by atoms with Crippen LogP contribution in [0.15, 0.2) is 88.2 Å². The number of aromatic nitrogens is 12. The Hall–Kier alpha value is -9.05. The summed E-state index contributed by atoms with van der Waals surface area (Å²) in [7, 11) is 1.90. The van der Waals surface area contributed by atoms with Crippen molar-refractivity contribution in [2.45, 2.75) is 273 Å². The number of imidazole rings is 2. The molecule has 1 aromatic carbocycles. The second kappa shape index (κ2) is 38.8. The van der Waals surface area contributed by atoms with Crippen LogP contribution in [0.25, 0.3) is 22.5 Å². The van der Waals surface area contributed by atoms with Gasteiger partial charge in [0.1, 0.15) is 23.2 Å². The van der Waals surface area contributed by atoms with Gasteiger partial charge in [-0.05, 0) is 99.9 Å². The molecule has 20 nitrogen and oxygen atoms in total. The van der Waals surface area contributed by atoms with Crippen LogP contribution < -0.4 is 28.4 Å². The van der Waals surface area contributed by atoms with Crippen LogP contribution in [0.5, 0.6) is 35.5 Å². The fourth-order valence-corrected chi connectivity index (χ4v) is 10.0. The minimum Gasteiger partial charge on any atom is -0.477 e. The second-order valence-electron chi connectivity index (χ2n) is 38.2. The number of hydrogen-bond acceptors (Lipinski definition) is 16. The number of hydrogen-bond donors (Lipinski definition) is 3. The zero-order chi connectivity index (χ0) is 86.4. The average molecular weight is 1650 g/mol. The van der Waals surface area contributed by atoms with Crippen molar-refractivity contribution >= 4 is 0 Å². The van der Waals surface area contributed by atoms with E-state index in [1.165, 1.54) is 82.5 Å². The summed E-state index contributed by atoms with van der Waals surface area (Å²) >= 11 is 0. The Kier molecular flexibility index (Phi) is 31.0. The summed E-state index contributed by atoms with van der Waals surface area (Å²) in [6.45, 7) is 44.2. The lowest BCUT2D eigenvalue weighted by molar-refractivity contribution is -0.154. The zero-order valence-corrected chi connectivity index (χ0v) is 72.3. The molecule has 0 saturated heterocycles. The fraction of sp³-hybridized carbons (Fsp3) is 0.614. The molecule has 8 aromatic heterocycles. The predicted molar refractivity (Wildman–Crippen MR) is 433 cm³/mol. The van der Waals surface area contributed by atoms with Crippen molar-refractivity contribution in [3.63, 3.8) is 0 Å². The summed E-state index contributed by atoms with van der Waals surface area (Å²) in [5.74, 6) is 6.63. The molecule has 0 amide bonds. The fourth-order valence-electron chi connectivity index (χ4n) is 10.0. The van der Waals surface area contributed by atoms with Gasteiger partial charge in [-0.15, -0.1) is 0 Å². The topological polar surface area (TPSA) is 237 Å². The molecular weight excluding hydrogens is 1520 g/mol. The maximum absolute atomic E-state index is 13.5. The molecule has 8 heterocycles. The van der Waals surface area contributed by atoms with Gasteiger partial charge in [-0.1, -0.05) is 176 Å². The van der Waals surface area contributed by atoms with E-state index >= 15 is 0 Å². The monoisotopic (exact) mass is 1650 g/mol. The molecule has 14 rings (SSSR count). The number of rotatable bonds is 21. The van der Waals surface area contributed by atoms with E-state index in [4.69, 9.17) is 37.5 Å². The first-order chi connectivity index (χ1) is 54.2. The zero-order valence-electron chi connectivity index (χ0n) is 72.3. The lowest BCUT2D eigenvalue weighted by atomic mass is 9.93. The highest BCUT2D eigenvalue weighted by Gasteiger charge is 2.34. The van der Waals surface area contributed by atoms with Crippen LogP contribution in [0.3, 0.4) is 0 Å². The first-order valence-electron chi connectivity index (χ1n) is 40.4. The van der Waals surface area contributed by atoms with Crippen LogP contribution in [0.2, 0.25) is 0 Å². The third kappa shape index (κ3) is 33.3. The van der Waals surface area contributed by atoms with Crippen LogP contribution in [-0.4, -0.2) is 112 Å². The normalized spacial score (nSPS) is 15.2. The van der Waals surface area contributed by atoms with Crippen molar-refractivity contribution in [2.24, 2.45) is 36.6 Å². The number of aromatic amines is 3. The van der Waals surface area contributed by atoms with Gasteiger partial charge >= 0.3 is 24.2 Å². The molecule has 5 aliphatic carbocycles. The van der Waals surface area contributed by atoms with Crippen molar-refractivity contribution in [3.8, 4) is 58.1 Å². The van der Waals surface area contributed by atoms with Crippen molar-refractivity contribution < 1.29 is 76.8 Å². The molecule has 0 spiro atoms. The van der Waals surface area contributed by atoms with Gasteiger partial charge in [-0.3, -0.25) is 4.68 Å². The molecule has 5 aliphatic rings. The molecule has 0 unspecified atom stereocenters. The summed E-state index contributed by atoms with van der Waals surface area (Å²) in [6, 6.07) is 16.9. The summed E-state index contributed by atoms with van der Waals surface area (Å²) in [6.07, 6.45) is 9.74. The van der Waals surface area contributed by atoms with Crippen molar-refractivity contribution in [1.82, 2.24) is 59.6 Å². The Balaban J connectivity index is 0.000000171. The molecular formula is C88H123F9N12O8. The van der Waals surface area contributed by atoms with Gasteiger partial charge in [-0.25, -0.2) is 24.3 Å². The number of H-pyrrole nitrogens is 3. The molecule has 0 atom stereocenters. The maximum atomic E-state index is 13.5. The molecule has 0 aliphatic heterocycles. The highest BCUT2D eigenvalue weighted by Crippen LogP contribution is 2.39. The number of halogens is 9. The molecule has 5 fully saturated rings. The molecule has 5 saturated carbocycles. The van der Waals surface area contributed by atoms with E-state index in [1.54, 1.807) is 10.9 Å². The Morgan fingerprint density at radius 3 is 1.28 bits per heavy atom. The van der Waals surface area contributed by atoms with Crippen LogP contribution >= 0.6 is 0 Å². The van der Waals surface area contributed by atoms with E-state index in [9.17, 15) is 39.5 Å². The quantitative estimate of drug-likeness (QED) is 0.0567. The number of benzene rings is 1. The molecule has 29 heteroatoms. The molecule has 3 N–H and O–H groups in total. The van der Waals surface area contributed by atoms with E-state index < -0.39 is 31.3 Å². The average Bonchev–Trinajstić information content (AvgIpc) is 1.46. The van der Waals surface area contributed by atoms with E-state index in [2.05, 4.69) is 108 Å². The number of alkyl halides is 6. The third-order valence-electron chi connectivity index (χ3n) is 18.6. The largest absolute Gasteiger partial charge is 0.477 e. The minimum absolute atomic E-state index is 0.0480.